The van der Waals surface area contributed by atoms with Crippen LogP contribution in [0.3, 0.4) is 0 Å². The van der Waals surface area contributed by atoms with E-state index in [2.05, 4.69) is 21.6 Å². The minimum Gasteiger partial charge on any atom is -0.368 e. The van der Waals surface area contributed by atoms with Crippen molar-refractivity contribution in [2.45, 2.75) is 6.42 Å². The van der Waals surface area contributed by atoms with E-state index in [4.69, 9.17) is 0 Å². The van der Waals surface area contributed by atoms with Crippen LogP contribution in [0.4, 0.5) is 5.82 Å². The molecule has 0 aliphatic heterocycles. The molecule has 0 saturated carbocycles. The Labute approximate surface area is 58.6 Å². The second-order valence-corrected chi connectivity index (χ2v) is 1.76. The summed E-state index contributed by atoms with van der Waals surface area (Å²) in [5, 5.41) is 9.28. The first-order chi connectivity index (χ1) is 4.93. The fourth-order valence-corrected chi connectivity index (χ4v) is 0.570. The molecule has 4 heteroatoms. The largest absolute Gasteiger partial charge is 0.368 e. The lowest BCUT2D eigenvalue weighted by atomic mass is 10.4. The van der Waals surface area contributed by atoms with Crippen molar-refractivity contribution in [3.8, 4) is 0 Å². The van der Waals surface area contributed by atoms with E-state index >= 15 is 0 Å². The van der Waals surface area contributed by atoms with Crippen molar-refractivity contribution in [2.24, 2.45) is 0 Å². The van der Waals surface area contributed by atoms with Crippen LogP contribution in [0, 0.1) is 6.07 Å². The van der Waals surface area contributed by atoms with Crippen LogP contribution in [-0.4, -0.2) is 23.0 Å². The summed E-state index contributed by atoms with van der Waals surface area (Å²) in [4.78, 5) is 9.85. The summed E-state index contributed by atoms with van der Waals surface area (Å²) < 4.78 is 0. The van der Waals surface area contributed by atoms with Crippen molar-refractivity contribution in [3.63, 3.8) is 0 Å². The van der Waals surface area contributed by atoms with Crippen molar-refractivity contribution in [2.75, 3.05) is 11.9 Å². The third kappa shape index (κ3) is 1.89. The number of hydrogen-bond donors (Lipinski definition) is 2. The van der Waals surface area contributed by atoms with Gasteiger partial charge in [-0.1, -0.05) is 0 Å². The molecule has 0 unspecified atom stereocenters. The fourth-order valence-electron chi connectivity index (χ4n) is 0.570. The Morgan fingerprint density at radius 2 is 2.80 bits per heavy atom. The zero-order chi connectivity index (χ0) is 7.23. The molecule has 1 heterocycles. The van der Waals surface area contributed by atoms with Crippen LogP contribution >= 0.6 is 0 Å². The van der Waals surface area contributed by atoms with Gasteiger partial charge in [-0.2, -0.15) is 5.10 Å². The second kappa shape index (κ2) is 3.66. The van der Waals surface area contributed by atoms with Gasteiger partial charge in [0.1, 0.15) is 6.29 Å². The van der Waals surface area contributed by atoms with Crippen LogP contribution < -0.4 is 5.32 Å². The lowest BCUT2D eigenvalue weighted by molar-refractivity contribution is -0.107. The Hall–Kier alpha value is -1.32. The van der Waals surface area contributed by atoms with E-state index in [9.17, 15) is 4.79 Å². The Morgan fingerprint density at radius 3 is 3.40 bits per heavy atom. The average molecular weight is 138 g/mol. The molecule has 0 bridgehead atoms. The minimum atomic E-state index is 0.501. The summed E-state index contributed by atoms with van der Waals surface area (Å²) in [6, 6.07) is 2.80. The van der Waals surface area contributed by atoms with E-state index in [1.165, 1.54) is 0 Å². The molecule has 0 atom stereocenters. The third-order valence-electron chi connectivity index (χ3n) is 1.00. The molecule has 0 aliphatic rings. The summed E-state index contributed by atoms with van der Waals surface area (Å²) >= 11 is 0. The molecule has 2 N–H and O–H groups in total. The van der Waals surface area contributed by atoms with E-state index < -0.39 is 0 Å². The molecule has 0 amide bonds. The zero-order valence-corrected chi connectivity index (χ0v) is 5.42. The van der Waals surface area contributed by atoms with Crippen LogP contribution in [0.5, 0.6) is 0 Å². The summed E-state index contributed by atoms with van der Waals surface area (Å²) in [6.07, 6.45) is 2.96. The first kappa shape index (κ1) is 6.80. The van der Waals surface area contributed by atoms with Gasteiger partial charge in [0, 0.05) is 25.2 Å². The normalized spacial score (nSPS) is 9.20. The van der Waals surface area contributed by atoms with E-state index in [0.717, 1.165) is 6.29 Å². The predicted molar refractivity (Wildman–Crippen MR) is 36.6 cm³/mol. The molecule has 0 fully saturated rings. The number of aromatic nitrogens is 2. The molecule has 0 saturated heterocycles. The van der Waals surface area contributed by atoms with Gasteiger partial charge in [-0.15, -0.1) is 0 Å². The number of carbonyl (C=O) groups excluding carboxylic acids is 1. The molecule has 1 aromatic heterocycles. The number of aromatic amines is 1. The van der Waals surface area contributed by atoms with Crippen LogP contribution in [0.25, 0.3) is 0 Å². The van der Waals surface area contributed by atoms with Gasteiger partial charge < -0.3 is 10.1 Å². The van der Waals surface area contributed by atoms with E-state index in [-0.39, 0.29) is 0 Å². The molecule has 1 rings (SSSR count). The van der Waals surface area contributed by atoms with E-state index in [1.807, 2.05) is 0 Å². The van der Waals surface area contributed by atoms with Crippen LogP contribution in [0.2, 0.25) is 0 Å². The number of hydrogen-bond acceptors (Lipinski definition) is 3. The number of nitrogens with zero attached hydrogens (tertiary/aromatic N) is 1. The van der Waals surface area contributed by atoms with Gasteiger partial charge in [0.15, 0.2) is 5.82 Å². The number of rotatable bonds is 4. The maximum atomic E-state index is 9.85. The standard InChI is InChI=1S/C6H8N3O/c10-5-1-3-7-6-2-4-8-9-6/h4-5H,1,3H2,(H2,7,8,9). The smallest absolute Gasteiger partial charge is 0.155 e. The van der Waals surface area contributed by atoms with Crippen LogP contribution in [0.1, 0.15) is 6.42 Å². The Morgan fingerprint density at radius 1 is 1.90 bits per heavy atom. The summed E-state index contributed by atoms with van der Waals surface area (Å²) in [5.41, 5.74) is 0. The summed E-state index contributed by atoms with van der Waals surface area (Å²) in [6.45, 7) is 0.616. The highest BCUT2D eigenvalue weighted by Crippen LogP contribution is 1.95. The molecule has 53 valence electrons. The quantitative estimate of drug-likeness (QED) is 0.462. The molecule has 0 spiro atoms. The number of aldehydes is 1. The molecule has 4 nitrogen and oxygen atoms in total. The monoisotopic (exact) mass is 138 g/mol. The summed E-state index contributed by atoms with van der Waals surface area (Å²) in [7, 11) is 0. The molecular formula is C6H8N3O. The third-order valence-corrected chi connectivity index (χ3v) is 1.00. The maximum Gasteiger partial charge on any atom is 0.155 e. The highest BCUT2D eigenvalue weighted by Gasteiger charge is 1.90. The molecule has 1 radical (unpaired) electrons. The second-order valence-electron chi connectivity index (χ2n) is 1.76. The number of carbonyl (C=O) groups is 1. The van der Waals surface area contributed by atoms with Gasteiger partial charge in [0.05, 0.1) is 0 Å². The van der Waals surface area contributed by atoms with Crippen molar-refractivity contribution >= 4 is 12.1 Å². The van der Waals surface area contributed by atoms with Crippen molar-refractivity contribution in [3.05, 3.63) is 12.3 Å². The van der Waals surface area contributed by atoms with Crippen molar-refractivity contribution < 1.29 is 4.79 Å². The minimum absolute atomic E-state index is 0.501. The van der Waals surface area contributed by atoms with Crippen molar-refractivity contribution in [1.29, 1.82) is 0 Å². The first-order valence-corrected chi connectivity index (χ1v) is 3.02. The Bertz CT molecular complexity index is 183. The highest BCUT2D eigenvalue weighted by atomic mass is 16.1. The van der Waals surface area contributed by atoms with Gasteiger partial charge in [-0.05, 0) is 0 Å². The Kier molecular flexibility index (Phi) is 2.49. The highest BCUT2D eigenvalue weighted by molar-refractivity contribution is 5.50. The molecule has 10 heavy (non-hydrogen) atoms. The van der Waals surface area contributed by atoms with Gasteiger partial charge in [-0.3, -0.25) is 5.10 Å². The number of H-pyrrole nitrogens is 1. The first-order valence-electron chi connectivity index (χ1n) is 3.02. The zero-order valence-electron chi connectivity index (χ0n) is 5.42. The molecular weight excluding hydrogens is 130 g/mol. The van der Waals surface area contributed by atoms with E-state index in [1.54, 1.807) is 6.20 Å². The molecule has 0 aliphatic carbocycles. The molecule has 1 aromatic rings. The lowest BCUT2D eigenvalue weighted by Gasteiger charge is -1.95. The van der Waals surface area contributed by atoms with Gasteiger partial charge >= 0.3 is 0 Å². The predicted octanol–water partition coefficient (Wildman–Crippen LogP) is 0.211. The summed E-state index contributed by atoms with van der Waals surface area (Å²) in [5.74, 6) is 0.654. The van der Waals surface area contributed by atoms with Gasteiger partial charge in [0.2, 0.25) is 0 Å². The number of anilines is 1. The SMILES string of the molecule is O=CCCNc1[c]c[nH]n1. The Balaban J connectivity index is 2.21. The van der Waals surface area contributed by atoms with Crippen LogP contribution in [-0.2, 0) is 4.79 Å². The van der Waals surface area contributed by atoms with Crippen molar-refractivity contribution in [1.82, 2.24) is 10.2 Å². The topological polar surface area (TPSA) is 57.8 Å². The van der Waals surface area contributed by atoms with Gasteiger partial charge in [-0.25, -0.2) is 0 Å². The van der Waals surface area contributed by atoms with Crippen LogP contribution in [0.15, 0.2) is 6.20 Å². The lowest BCUT2D eigenvalue weighted by Crippen LogP contribution is -2.01. The molecule has 0 aromatic carbocycles. The number of nitrogens with one attached hydrogen (secondary N) is 2. The van der Waals surface area contributed by atoms with E-state index in [0.29, 0.717) is 18.8 Å². The fraction of sp³-hybridized carbons (Fsp3) is 0.333. The van der Waals surface area contributed by atoms with Gasteiger partial charge in [0.25, 0.3) is 0 Å². The average Bonchev–Trinajstić information content (AvgIpc) is 2.41. The maximum absolute atomic E-state index is 9.85.